The number of rotatable bonds is 10. The molecule has 1 N–H and O–H groups in total. The number of aliphatic hydroxyl groups is 1. The largest absolute Gasteiger partial charge is 0.507 e. The Morgan fingerprint density at radius 2 is 1.65 bits per heavy atom. The highest BCUT2D eigenvalue weighted by atomic mass is 16.5. The highest BCUT2D eigenvalue weighted by molar-refractivity contribution is 6.46. The van der Waals surface area contributed by atoms with E-state index >= 15 is 0 Å². The van der Waals surface area contributed by atoms with Crippen molar-refractivity contribution >= 4 is 17.4 Å². The molecule has 0 bridgehead atoms. The zero-order valence-corrected chi connectivity index (χ0v) is 24.0. The number of benzene rings is 3. The maximum atomic E-state index is 13.4. The van der Waals surface area contributed by atoms with Crippen LogP contribution in [0.25, 0.3) is 5.76 Å². The van der Waals surface area contributed by atoms with Gasteiger partial charge in [0.25, 0.3) is 11.7 Å². The molecule has 0 spiro atoms. The van der Waals surface area contributed by atoms with Crippen LogP contribution < -0.4 is 9.47 Å². The number of Topliss-reactive ketones (excluding diaryl/α,β-unsaturated/α-hetero) is 1. The summed E-state index contributed by atoms with van der Waals surface area (Å²) in [4.78, 5) is 28.0. The number of carbonyl (C=O) groups excluding carboxylic acids is 2. The third-order valence-corrected chi connectivity index (χ3v) is 7.25. The first kappa shape index (κ1) is 28.9. The average Bonchev–Trinajstić information content (AvgIpc) is 3.20. The fourth-order valence-electron chi connectivity index (χ4n) is 4.97. The predicted octanol–water partition coefficient (Wildman–Crippen LogP) is 6.08. The zero-order chi connectivity index (χ0) is 29.0. The Balaban J connectivity index is 1.74. The van der Waals surface area contributed by atoms with E-state index in [2.05, 4.69) is 0 Å². The van der Waals surface area contributed by atoms with Gasteiger partial charge in [-0.15, -0.1) is 0 Å². The molecule has 1 aliphatic rings. The maximum Gasteiger partial charge on any atom is 0.295 e. The van der Waals surface area contributed by atoms with Crippen molar-refractivity contribution in [3.05, 3.63) is 99.6 Å². The average molecular weight is 544 g/mol. The molecule has 1 unspecified atom stereocenters. The predicted molar refractivity (Wildman–Crippen MR) is 155 cm³/mol. The van der Waals surface area contributed by atoms with Gasteiger partial charge in [0.2, 0.25) is 0 Å². The highest BCUT2D eigenvalue weighted by Crippen LogP contribution is 2.41. The van der Waals surface area contributed by atoms with E-state index in [1.165, 1.54) is 10.5 Å². The molecule has 210 valence electrons. The summed E-state index contributed by atoms with van der Waals surface area (Å²) in [5, 5.41) is 11.6. The SMILES string of the molecule is COCCN1C(=O)C(=O)/C(=C(/O)c2cc(C(C)C)c(OC)cc2C)C1c1ccc(OCc2ccc(C)cc2)cc1. The van der Waals surface area contributed by atoms with Gasteiger partial charge < -0.3 is 24.2 Å². The summed E-state index contributed by atoms with van der Waals surface area (Å²) >= 11 is 0. The van der Waals surface area contributed by atoms with Gasteiger partial charge >= 0.3 is 0 Å². The van der Waals surface area contributed by atoms with Crippen molar-refractivity contribution in [3.63, 3.8) is 0 Å². The van der Waals surface area contributed by atoms with E-state index in [0.717, 1.165) is 16.7 Å². The number of nitrogens with zero attached hydrogens (tertiary/aromatic N) is 1. The Hall–Kier alpha value is -4.10. The van der Waals surface area contributed by atoms with E-state index in [-0.39, 0.29) is 30.4 Å². The van der Waals surface area contributed by atoms with E-state index in [4.69, 9.17) is 14.2 Å². The molecule has 1 aliphatic heterocycles. The van der Waals surface area contributed by atoms with Crippen molar-refractivity contribution < 1.29 is 28.9 Å². The van der Waals surface area contributed by atoms with Crippen LogP contribution in [0, 0.1) is 13.8 Å². The van der Waals surface area contributed by atoms with Crippen LogP contribution in [0.15, 0.2) is 66.2 Å². The molecule has 1 atom stereocenters. The third kappa shape index (κ3) is 5.89. The lowest BCUT2D eigenvalue weighted by Crippen LogP contribution is -2.32. The fraction of sp³-hybridized carbons (Fsp3) is 0.333. The van der Waals surface area contributed by atoms with Crippen molar-refractivity contribution in [2.45, 2.75) is 46.3 Å². The molecule has 40 heavy (non-hydrogen) atoms. The van der Waals surface area contributed by atoms with Gasteiger partial charge in [0.05, 0.1) is 25.3 Å². The second kappa shape index (κ2) is 12.4. The van der Waals surface area contributed by atoms with E-state index in [1.807, 2.05) is 88.4 Å². The molecule has 0 radical (unpaired) electrons. The van der Waals surface area contributed by atoms with Gasteiger partial charge in [-0.2, -0.15) is 0 Å². The van der Waals surface area contributed by atoms with Crippen LogP contribution in [0.2, 0.25) is 0 Å². The molecule has 1 amide bonds. The van der Waals surface area contributed by atoms with Crippen LogP contribution >= 0.6 is 0 Å². The number of ketones is 1. The van der Waals surface area contributed by atoms with Crippen LogP contribution in [0.4, 0.5) is 0 Å². The molecule has 3 aromatic carbocycles. The minimum atomic E-state index is -0.773. The fourth-order valence-corrected chi connectivity index (χ4v) is 4.97. The number of ether oxygens (including phenoxy) is 3. The molecular formula is C33H37NO6. The molecule has 0 aromatic heterocycles. The van der Waals surface area contributed by atoms with E-state index in [9.17, 15) is 14.7 Å². The minimum Gasteiger partial charge on any atom is -0.507 e. The molecule has 1 fully saturated rings. The monoisotopic (exact) mass is 543 g/mol. The standard InChI is InChI=1S/C33H37NO6/c1-20(2)26-18-27(22(4)17-28(26)39-6)31(35)29-30(34(15-16-38-5)33(37)32(29)36)24-11-13-25(14-12-24)40-19-23-9-7-21(3)8-10-23/h7-14,17-18,20,30,35H,15-16,19H2,1-6H3/b31-29+. The molecule has 7 nitrogen and oxygen atoms in total. The van der Waals surface area contributed by atoms with Crippen LogP contribution in [-0.4, -0.2) is 49.1 Å². The van der Waals surface area contributed by atoms with Crippen LogP contribution in [0.3, 0.4) is 0 Å². The quantitative estimate of drug-likeness (QED) is 0.189. The third-order valence-electron chi connectivity index (χ3n) is 7.25. The lowest BCUT2D eigenvalue weighted by Gasteiger charge is -2.25. The number of aliphatic hydroxyl groups excluding tert-OH is 1. The van der Waals surface area contributed by atoms with Gasteiger partial charge in [-0.3, -0.25) is 9.59 Å². The molecule has 7 heteroatoms. The lowest BCUT2D eigenvalue weighted by molar-refractivity contribution is -0.140. The van der Waals surface area contributed by atoms with Gasteiger partial charge in [0.1, 0.15) is 23.9 Å². The molecule has 1 saturated heterocycles. The number of hydrogen-bond donors (Lipinski definition) is 1. The summed E-state index contributed by atoms with van der Waals surface area (Å²) in [7, 11) is 3.15. The molecule has 0 aliphatic carbocycles. The molecule has 3 aromatic rings. The number of likely N-dealkylation sites (tertiary alicyclic amines) is 1. The van der Waals surface area contributed by atoms with Crippen molar-refractivity contribution in [2.75, 3.05) is 27.4 Å². The van der Waals surface area contributed by atoms with Crippen LogP contribution in [0.1, 0.15) is 59.2 Å². The summed E-state index contributed by atoms with van der Waals surface area (Å²) in [5.41, 5.74) is 5.11. The van der Waals surface area contributed by atoms with E-state index < -0.39 is 17.7 Å². The van der Waals surface area contributed by atoms with E-state index in [1.54, 1.807) is 14.2 Å². The van der Waals surface area contributed by atoms with Gasteiger partial charge in [0.15, 0.2) is 0 Å². The summed E-state index contributed by atoms with van der Waals surface area (Å²) in [6.45, 7) is 8.82. The smallest absolute Gasteiger partial charge is 0.295 e. The number of amides is 1. The Morgan fingerprint density at radius 1 is 0.975 bits per heavy atom. The first-order valence-corrected chi connectivity index (χ1v) is 13.4. The Kier molecular flexibility index (Phi) is 8.95. The van der Waals surface area contributed by atoms with Gasteiger partial charge in [-0.1, -0.05) is 55.8 Å². The zero-order valence-electron chi connectivity index (χ0n) is 24.0. The van der Waals surface area contributed by atoms with Crippen molar-refractivity contribution in [1.82, 2.24) is 4.90 Å². The lowest BCUT2D eigenvalue weighted by atomic mass is 9.91. The number of methoxy groups -OCH3 is 2. The van der Waals surface area contributed by atoms with E-state index in [0.29, 0.717) is 29.2 Å². The topological polar surface area (TPSA) is 85.3 Å². The number of aryl methyl sites for hydroxylation is 2. The normalized spacial score (nSPS) is 16.6. The van der Waals surface area contributed by atoms with Crippen molar-refractivity contribution in [2.24, 2.45) is 0 Å². The van der Waals surface area contributed by atoms with Crippen molar-refractivity contribution in [3.8, 4) is 11.5 Å². The molecule has 1 heterocycles. The summed E-state index contributed by atoms with van der Waals surface area (Å²) in [6.07, 6.45) is 0. The summed E-state index contributed by atoms with van der Waals surface area (Å²) in [5.74, 6) is -0.106. The minimum absolute atomic E-state index is 0.0531. The summed E-state index contributed by atoms with van der Waals surface area (Å²) < 4.78 is 16.7. The van der Waals surface area contributed by atoms with Crippen LogP contribution in [-0.2, 0) is 20.9 Å². The van der Waals surface area contributed by atoms with Crippen molar-refractivity contribution in [1.29, 1.82) is 0 Å². The van der Waals surface area contributed by atoms with Crippen LogP contribution in [0.5, 0.6) is 11.5 Å². The first-order chi connectivity index (χ1) is 19.2. The maximum absolute atomic E-state index is 13.4. The molecule has 0 saturated carbocycles. The second-order valence-electron chi connectivity index (χ2n) is 10.4. The second-order valence-corrected chi connectivity index (χ2v) is 10.4. The van der Waals surface area contributed by atoms with Gasteiger partial charge in [0, 0.05) is 19.2 Å². The summed E-state index contributed by atoms with van der Waals surface area (Å²) in [6, 6.07) is 18.3. The van der Waals surface area contributed by atoms with Gasteiger partial charge in [-0.25, -0.2) is 0 Å². The number of hydrogen-bond acceptors (Lipinski definition) is 6. The first-order valence-electron chi connectivity index (χ1n) is 13.4. The molecular weight excluding hydrogens is 506 g/mol. The molecule has 4 rings (SSSR count). The Morgan fingerprint density at radius 3 is 2.25 bits per heavy atom. The highest BCUT2D eigenvalue weighted by Gasteiger charge is 2.46. The number of carbonyl (C=O) groups is 2. The van der Waals surface area contributed by atoms with Gasteiger partial charge in [-0.05, 0) is 66.3 Å². The Bertz CT molecular complexity index is 1410. The Labute approximate surface area is 236 Å².